The monoisotopic (exact) mass is 314 g/mol. The van der Waals surface area contributed by atoms with Gasteiger partial charge < -0.3 is 20.5 Å². The van der Waals surface area contributed by atoms with Gasteiger partial charge in [-0.15, -0.1) is 0 Å². The summed E-state index contributed by atoms with van der Waals surface area (Å²) < 4.78 is 5.17. The number of carbonyl (C=O) groups is 1. The average molecular weight is 315 g/mol. The molecule has 0 aliphatic carbocycles. The fraction of sp³-hybridized carbons (Fsp3) is 0.533. The summed E-state index contributed by atoms with van der Waals surface area (Å²) in [5.41, 5.74) is 0.319. The number of anilines is 1. The van der Waals surface area contributed by atoms with E-state index in [1.807, 2.05) is 13.8 Å². The Hall–Kier alpha value is -1.46. The summed E-state index contributed by atoms with van der Waals surface area (Å²) >= 11 is 6.00. The second-order valence-electron chi connectivity index (χ2n) is 5.85. The van der Waals surface area contributed by atoms with Crippen LogP contribution in [0.15, 0.2) is 18.2 Å². The molecule has 1 aromatic carbocycles. The number of urea groups is 1. The van der Waals surface area contributed by atoms with Gasteiger partial charge in [-0.2, -0.15) is 0 Å². The van der Waals surface area contributed by atoms with Gasteiger partial charge in [-0.3, -0.25) is 0 Å². The van der Waals surface area contributed by atoms with Crippen molar-refractivity contribution < 1.29 is 14.6 Å². The second-order valence-corrected chi connectivity index (χ2v) is 6.25. The Labute approximate surface area is 130 Å². The van der Waals surface area contributed by atoms with Crippen molar-refractivity contribution in [2.24, 2.45) is 5.41 Å². The molecule has 0 aliphatic heterocycles. The maximum atomic E-state index is 11.9. The molecule has 21 heavy (non-hydrogen) atoms. The lowest BCUT2D eigenvalue weighted by Gasteiger charge is -2.26. The van der Waals surface area contributed by atoms with Crippen LogP contribution < -0.4 is 15.4 Å². The Morgan fingerprint density at radius 2 is 2.14 bits per heavy atom. The number of hydrogen-bond donors (Lipinski definition) is 3. The zero-order valence-electron chi connectivity index (χ0n) is 12.9. The van der Waals surface area contributed by atoms with Gasteiger partial charge in [0.05, 0.1) is 23.9 Å². The lowest BCUT2D eigenvalue weighted by Crippen LogP contribution is -2.38. The van der Waals surface area contributed by atoms with Gasteiger partial charge in [0.15, 0.2) is 5.75 Å². The molecule has 0 spiro atoms. The molecule has 6 heteroatoms. The number of ether oxygens (including phenoxy) is 1. The van der Waals surface area contributed by atoms with Crippen LogP contribution in [0.5, 0.6) is 5.75 Å². The van der Waals surface area contributed by atoms with E-state index in [4.69, 9.17) is 16.3 Å². The first-order chi connectivity index (χ1) is 9.75. The zero-order chi connectivity index (χ0) is 16.0. The number of carbonyl (C=O) groups excluding carboxylic acids is 1. The van der Waals surface area contributed by atoms with Crippen molar-refractivity contribution in [3.05, 3.63) is 23.2 Å². The van der Waals surface area contributed by atoms with Crippen LogP contribution in [0.25, 0.3) is 0 Å². The standard InChI is InChI=1S/C15H23ClN2O3/c1-10(19)8-15(2,3)9-17-14(20)18-12-7-5-6-11(16)13(12)21-4/h5-7,10,19H,8-9H2,1-4H3,(H2,17,18,20)/t10-/m0/s1. The Balaban J connectivity index is 2.61. The highest BCUT2D eigenvalue weighted by Crippen LogP contribution is 2.32. The van der Waals surface area contributed by atoms with Gasteiger partial charge in [0.2, 0.25) is 0 Å². The van der Waals surface area contributed by atoms with Gasteiger partial charge in [-0.1, -0.05) is 31.5 Å². The molecule has 0 unspecified atom stereocenters. The van der Waals surface area contributed by atoms with E-state index in [1.54, 1.807) is 25.1 Å². The zero-order valence-corrected chi connectivity index (χ0v) is 13.6. The number of rotatable bonds is 6. The molecular formula is C15H23ClN2O3. The van der Waals surface area contributed by atoms with Crippen molar-refractivity contribution in [2.75, 3.05) is 19.0 Å². The van der Waals surface area contributed by atoms with E-state index in [2.05, 4.69) is 10.6 Å². The van der Waals surface area contributed by atoms with Crippen LogP contribution in [0.2, 0.25) is 5.02 Å². The molecule has 0 fully saturated rings. The van der Waals surface area contributed by atoms with Gasteiger partial charge in [-0.05, 0) is 30.9 Å². The van der Waals surface area contributed by atoms with Crippen molar-refractivity contribution in [2.45, 2.75) is 33.3 Å². The number of benzene rings is 1. The first kappa shape index (κ1) is 17.6. The summed E-state index contributed by atoms with van der Waals surface area (Å²) in [5.74, 6) is 0.428. The molecule has 0 aromatic heterocycles. The number of para-hydroxylation sites is 1. The molecule has 0 heterocycles. The Bertz CT molecular complexity index is 490. The molecule has 0 aliphatic rings. The van der Waals surface area contributed by atoms with Crippen molar-refractivity contribution in [3.63, 3.8) is 0 Å². The number of methoxy groups -OCH3 is 1. The smallest absolute Gasteiger partial charge is 0.319 e. The van der Waals surface area contributed by atoms with Crippen LogP contribution >= 0.6 is 11.6 Å². The van der Waals surface area contributed by atoms with Crippen molar-refractivity contribution in [1.82, 2.24) is 5.32 Å². The van der Waals surface area contributed by atoms with Crippen LogP contribution in [0.1, 0.15) is 27.2 Å². The Kier molecular flexibility index (Phi) is 6.30. The van der Waals surface area contributed by atoms with Crippen molar-refractivity contribution in [3.8, 4) is 5.75 Å². The van der Waals surface area contributed by atoms with Crippen LogP contribution in [0.3, 0.4) is 0 Å². The average Bonchev–Trinajstić information content (AvgIpc) is 2.35. The van der Waals surface area contributed by atoms with Gasteiger partial charge in [0.1, 0.15) is 0 Å². The Morgan fingerprint density at radius 1 is 1.48 bits per heavy atom. The van der Waals surface area contributed by atoms with E-state index in [9.17, 15) is 9.90 Å². The lowest BCUT2D eigenvalue weighted by molar-refractivity contribution is 0.129. The molecular weight excluding hydrogens is 292 g/mol. The summed E-state index contributed by atoms with van der Waals surface area (Å²) in [5, 5.41) is 15.4. The highest BCUT2D eigenvalue weighted by atomic mass is 35.5. The number of aliphatic hydroxyl groups is 1. The minimum absolute atomic E-state index is 0.191. The highest BCUT2D eigenvalue weighted by molar-refractivity contribution is 6.32. The predicted molar refractivity (Wildman–Crippen MR) is 85.1 cm³/mol. The number of halogens is 1. The van der Waals surface area contributed by atoms with Gasteiger partial charge in [0, 0.05) is 6.54 Å². The third-order valence-corrected chi connectivity index (χ3v) is 3.29. The SMILES string of the molecule is COc1c(Cl)cccc1NC(=O)NCC(C)(C)C[C@H](C)O. The van der Waals surface area contributed by atoms with Crippen LogP contribution in [0.4, 0.5) is 10.5 Å². The van der Waals surface area contributed by atoms with Crippen molar-refractivity contribution >= 4 is 23.3 Å². The number of nitrogens with one attached hydrogen (secondary N) is 2. The highest BCUT2D eigenvalue weighted by Gasteiger charge is 2.21. The summed E-state index contributed by atoms with van der Waals surface area (Å²) in [7, 11) is 1.50. The van der Waals surface area contributed by atoms with Crippen molar-refractivity contribution in [1.29, 1.82) is 0 Å². The topological polar surface area (TPSA) is 70.6 Å². The number of aliphatic hydroxyl groups excluding tert-OH is 1. The minimum atomic E-state index is -0.405. The second kappa shape index (κ2) is 7.52. The van der Waals surface area contributed by atoms with E-state index in [0.29, 0.717) is 29.4 Å². The summed E-state index contributed by atoms with van der Waals surface area (Å²) in [6.07, 6.45) is 0.200. The maximum Gasteiger partial charge on any atom is 0.319 e. The van der Waals surface area contributed by atoms with E-state index < -0.39 is 6.10 Å². The molecule has 118 valence electrons. The lowest BCUT2D eigenvalue weighted by atomic mass is 9.87. The molecule has 0 saturated carbocycles. The minimum Gasteiger partial charge on any atom is -0.493 e. The third-order valence-electron chi connectivity index (χ3n) is 2.99. The van der Waals surface area contributed by atoms with Crippen LogP contribution in [-0.2, 0) is 0 Å². The molecule has 0 bridgehead atoms. The van der Waals surface area contributed by atoms with E-state index in [1.165, 1.54) is 7.11 Å². The van der Waals surface area contributed by atoms with Gasteiger partial charge >= 0.3 is 6.03 Å². The number of amides is 2. The summed E-state index contributed by atoms with van der Waals surface area (Å²) in [6, 6.07) is 4.80. The summed E-state index contributed by atoms with van der Waals surface area (Å²) in [4.78, 5) is 11.9. The molecule has 2 amide bonds. The molecule has 1 aromatic rings. The molecule has 0 radical (unpaired) electrons. The largest absolute Gasteiger partial charge is 0.493 e. The number of hydrogen-bond acceptors (Lipinski definition) is 3. The maximum absolute atomic E-state index is 11.9. The first-order valence-electron chi connectivity index (χ1n) is 6.80. The Morgan fingerprint density at radius 3 is 2.71 bits per heavy atom. The van der Waals surface area contributed by atoms with Gasteiger partial charge in [-0.25, -0.2) is 4.79 Å². The normalized spacial score (nSPS) is 12.7. The van der Waals surface area contributed by atoms with E-state index in [0.717, 1.165) is 0 Å². The molecule has 5 nitrogen and oxygen atoms in total. The van der Waals surface area contributed by atoms with Gasteiger partial charge in [0.25, 0.3) is 0 Å². The third kappa shape index (κ3) is 5.81. The molecule has 0 saturated heterocycles. The van der Waals surface area contributed by atoms with Crippen LogP contribution in [-0.4, -0.2) is 30.9 Å². The fourth-order valence-corrected chi connectivity index (χ4v) is 2.42. The van der Waals surface area contributed by atoms with Crippen LogP contribution in [0, 0.1) is 5.41 Å². The first-order valence-corrected chi connectivity index (χ1v) is 7.18. The fourth-order valence-electron chi connectivity index (χ4n) is 2.17. The van der Waals surface area contributed by atoms with E-state index >= 15 is 0 Å². The molecule has 1 rings (SSSR count). The molecule has 1 atom stereocenters. The quantitative estimate of drug-likeness (QED) is 0.754. The summed E-state index contributed by atoms with van der Waals surface area (Å²) in [6.45, 7) is 6.16. The predicted octanol–water partition coefficient (Wildman–Crippen LogP) is 3.27. The van der Waals surface area contributed by atoms with E-state index in [-0.39, 0.29) is 11.4 Å². The molecule has 3 N–H and O–H groups in total.